The Morgan fingerprint density at radius 3 is 2.74 bits per heavy atom. The zero-order valence-electron chi connectivity index (χ0n) is 9.66. The van der Waals surface area contributed by atoms with Gasteiger partial charge in [-0.3, -0.25) is 4.98 Å². The molecular weight excluding hydrogens is 257 g/mol. The number of nitrogens with zero attached hydrogens (tertiary/aromatic N) is 1. The molecule has 0 radical (unpaired) electrons. The van der Waals surface area contributed by atoms with Crippen LogP contribution < -0.4 is 4.74 Å². The van der Waals surface area contributed by atoms with Crippen LogP contribution in [0.15, 0.2) is 36.7 Å². The molecule has 98 valence electrons. The topological polar surface area (TPSA) is 37.9 Å². The molecule has 2 aromatic heterocycles. The number of fused-ring (bicyclic) bond motifs is 3. The Balaban J connectivity index is 2.06. The molecule has 0 atom stereocenters. The average molecular weight is 266 g/mol. The number of ether oxygens (including phenoxy) is 1. The fourth-order valence-corrected chi connectivity index (χ4v) is 1.98. The molecule has 0 saturated carbocycles. The summed E-state index contributed by atoms with van der Waals surface area (Å²) in [4.78, 5) is 7.14. The molecule has 1 aromatic carbocycles. The molecule has 3 aromatic rings. The predicted molar refractivity (Wildman–Crippen MR) is 65.1 cm³/mol. The van der Waals surface area contributed by atoms with Crippen LogP contribution in [0.3, 0.4) is 0 Å². The Kier molecular flexibility index (Phi) is 2.58. The first-order valence-electron chi connectivity index (χ1n) is 5.59. The SMILES string of the molecule is FC(F)(F)COc1c[nH]c2c1cnc1ccccc12. The third-order valence-electron chi connectivity index (χ3n) is 2.78. The van der Waals surface area contributed by atoms with Crippen LogP contribution in [-0.2, 0) is 0 Å². The molecule has 0 saturated heterocycles. The van der Waals surface area contributed by atoms with Gasteiger partial charge in [-0.1, -0.05) is 18.2 Å². The lowest BCUT2D eigenvalue weighted by Gasteiger charge is -2.07. The van der Waals surface area contributed by atoms with Gasteiger partial charge >= 0.3 is 6.18 Å². The van der Waals surface area contributed by atoms with E-state index in [1.807, 2.05) is 24.3 Å². The zero-order chi connectivity index (χ0) is 13.5. The number of hydrogen-bond acceptors (Lipinski definition) is 2. The van der Waals surface area contributed by atoms with Crippen molar-refractivity contribution in [1.29, 1.82) is 0 Å². The lowest BCUT2D eigenvalue weighted by atomic mass is 10.2. The van der Waals surface area contributed by atoms with Crippen LogP contribution in [-0.4, -0.2) is 22.8 Å². The molecule has 2 heterocycles. The van der Waals surface area contributed by atoms with Crippen LogP contribution in [0.25, 0.3) is 21.8 Å². The van der Waals surface area contributed by atoms with Crippen LogP contribution in [0.1, 0.15) is 0 Å². The molecule has 0 amide bonds. The van der Waals surface area contributed by atoms with E-state index in [2.05, 4.69) is 9.97 Å². The van der Waals surface area contributed by atoms with Crippen molar-refractivity contribution in [2.24, 2.45) is 0 Å². The van der Waals surface area contributed by atoms with Crippen molar-refractivity contribution in [3.8, 4) is 5.75 Å². The molecule has 0 spiro atoms. The number of hydrogen-bond donors (Lipinski definition) is 1. The van der Waals surface area contributed by atoms with Crippen LogP contribution in [0, 0.1) is 0 Å². The summed E-state index contributed by atoms with van der Waals surface area (Å²) in [7, 11) is 0. The van der Waals surface area contributed by atoms with E-state index in [0.717, 1.165) is 16.4 Å². The number of benzene rings is 1. The lowest BCUT2D eigenvalue weighted by Crippen LogP contribution is -2.19. The number of rotatable bonds is 2. The summed E-state index contributed by atoms with van der Waals surface area (Å²) in [6.07, 6.45) is -1.42. The number of halogens is 3. The molecule has 0 bridgehead atoms. The second kappa shape index (κ2) is 4.15. The second-order valence-electron chi connectivity index (χ2n) is 4.12. The monoisotopic (exact) mass is 266 g/mol. The van der Waals surface area contributed by atoms with E-state index < -0.39 is 12.8 Å². The first-order chi connectivity index (χ1) is 9.04. The van der Waals surface area contributed by atoms with Gasteiger partial charge in [-0.2, -0.15) is 13.2 Å². The summed E-state index contributed by atoms with van der Waals surface area (Å²) in [5.74, 6) is 0.158. The minimum Gasteiger partial charge on any atom is -0.482 e. The highest BCUT2D eigenvalue weighted by atomic mass is 19.4. The third kappa shape index (κ3) is 2.21. The molecule has 3 rings (SSSR count). The second-order valence-corrected chi connectivity index (χ2v) is 4.12. The molecule has 3 nitrogen and oxygen atoms in total. The highest BCUT2D eigenvalue weighted by molar-refractivity contribution is 6.05. The molecule has 0 unspecified atom stereocenters. The zero-order valence-corrected chi connectivity index (χ0v) is 9.66. The van der Waals surface area contributed by atoms with Gasteiger partial charge in [0.1, 0.15) is 5.75 Å². The van der Waals surface area contributed by atoms with E-state index in [1.165, 1.54) is 12.4 Å². The van der Waals surface area contributed by atoms with Crippen molar-refractivity contribution in [2.45, 2.75) is 6.18 Å². The summed E-state index contributed by atoms with van der Waals surface area (Å²) >= 11 is 0. The number of aromatic nitrogens is 2. The van der Waals surface area contributed by atoms with Gasteiger partial charge < -0.3 is 9.72 Å². The van der Waals surface area contributed by atoms with Crippen LogP contribution in [0.2, 0.25) is 0 Å². The average Bonchev–Trinajstić information content (AvgIpc) is 2.79. The summed E-state index contributed by atoms with van der Waals surface area (Å²) < 4.78 is 41.2. The Labute approximate surface area is 106 Å². The Morgan fingerprint density at radius 1 is 1.16 bits per heavy atom. The van der Waals surface area contributed by atoms with E-state index in [4.69, 9.17) is 4.74 Å². The van der Waals surface area contributed by atoms with Crippen molar-refractivity contribution in [1.82, 2.24) is 9.97 Å². The van der Waals surface area contributed by atoms with Gasteiger partial charge in [0.2, 0.25) is 0 Å². The van der Waals surface area contributed by atoms with Gasteiger partial charge in [0.15, 0.2) is 6.61 Å². The fourth-order valence-electron chi connectivity index (χ4n) is 1.98. The summed E-state index contributed by atoms with van der Waals surface area (Å²) in [6.45, 7) is -1.31. The molecule has 6 heteroatoms. The van der Waals surface area contributed by atoms with Crippen LogP contribution >= 0.6 is 0 Å². The summed E-state index contributed by atoms with van der Waals surface area (Å²) in [6, 6.07) is 7.40. The first-order valence-corrected chi connectivity index (χ1v) is 5.59. The highest BCUT2D eigenvalue weighted by Crippen LogP contribution is 2.30. The van der Waals surface area contributed by atoms with Gasteiger partial charge in [0.05, 0.1) is 16.4 Å². The van der Waals surface area contributed by atoms with Gasteiger partial charge in [-0.05, 0) is 6.07 Å². The Hall–Kier alpha value is -2.24. The van der Waals surface area contributed by atoms with Crippen molar-refractivity contribution in [2.75, 3.05) is 6.61 Å². The molecule has 19 heavy (non-hydrogen) atoms. The molecule has 0 aliphatic heterocycles. The van der Waals surface area contributed by atoms with E-state index >= 15 is 0 Å². The number of pyridine rings is 1. The largest absolute Gasteiger partial charge is 0.482 e. The quantitative estimate of drug-likeness (QED) is 0.768. The smallest absolute Gasteiger partial charge is 0.422 e. The third-order valence-corrected chi connectivity index (χ3v) is 2.78. The fraction of sp³-hybridized carbons (Fsp3) is 0.154. The minimum atomic E-state index is -4.35. The normalized spacial score (nSPS) is 12.2. The Bertz CT molecular complexity index is 733. The van der Waals surface area contributed by atoms with E-state index in [0.29, 0.717) is 5.39 Å². The van der Waals surface area contributed by atoms with Gasteiger partial charge in [-0.25, -0.2) is 0 Å². The predicted octanol–water partition coefficient (Wildman–Crippen LogP) is 3.66. The molecule has 1 N–H and O–H groups in total. The van der Waals surface area contributed by atoms with Crippen LogP contribution in [0.5, 0.6) is 5.75 Å². The Morgan fingerprint density at radius 2 is 1.95 bits per heavy atom. The number of alkyl halides is 3. The van der Waals surface area contributed by atoms with Crippen molar-refractivity contribution < 1.29 is 17.9 Å². The van der Waals surface area contributed by atoms with Crippen molar-refractivity contribution in [3.63, 3.8) is 0 Å². The molecule has 0 fully saturated rings. The maximum atomic E-state index is 12.1. The van der Waals surface area contributed by atoms with Gasteiger partial charge in [-0.15, -0.1) is 0 Å². The van der Waals surface area contributed by atoms with E-state index in [9.17, 15) is 13.2 Å². The lowest BCUT2D eigenvalue weighted by molar-refractivity contribution is -0.153. The number of aromatic amines is 1. The maximum Gasteiger partial charge on any atom is 0.422 e. The summed E-state index contributed by atoms with van der Waals surface area (Å²) in [5.41, 5.74) is 1.50. The standard InChI is InChI=1S/C13H9F3N2O/c14-13(15,16)7-19-11-6-18-12-8-3-1-2-4-10(8)17-5-9(11)12/h1-6,18H,7H2. The van der Waals surface area contributed by atoms with E-state index in [-0.39, 0.29) is 5.75 Å². The van der Waals surface area contributed by atoms with Crippen molar-refractivity contribution >= 4 is 21.8 Å². The number of para-hydroxylation sites is 1. The van der Waals surface area contributed by atoms with Crippen molar-refractivity contribution in [3.05, 3.63) is 36.7 Å². The minimum absolute atomic E-state index is 0.158. The van der Waals surface area contributed by atoms with Gasteiger partial charge in [0, 0.05) is 17.8 Å². The highest BCUT2D eigenvalue weighted by Gasteiger charge is 2.29. The number of H-pyrrole nitrogens is 1. The number of nitrogens with one attached hydrogen (secondary N) is 1. The molecular formula is C13H9F3N2O. The van der Waals surface area contributed by atoms with Crippen LogP contribution in [0.4, 0.5) is 13.2 Å². The molecule has 0 aliphatic rings. The van der Waals surface area contributed by atoms with E-state index in [1.54, 1.807) is 0 Å². The first kappa shape index (κ1) is 11.8. The molecule has 0 aliphatic carbocycles. The summed E-state index contributed by atoms with van der Waals surface area (Å²) in [5, 5.41) is 1.39. The maximum absolute atomic E-state index is 12.1. The van der Waals surface area contributed by atoms with Gasteiger partial charge in [0.25, 0.3) is 0 Å².